The van der Waals surface area contributed by atoms with Gasteiger partial charge >= 0.3 is 0 Å². The van der Waals surface area contributed by atoms with E-state index in [1.54, 1.807) is 0 Å². The van der Waals surface area contributed by atoms with Crippen LogP contribution in [0.15, 0.2) is 48.5 Å². The number of benzene rings is 2. The van der Waals surface area contributed by atoms with Gasteiger partial charge in [-0.05, 0) is 31.2 Å². The smallest absolute Gasteiger partial charge is 0.232 e. The predicted molar refractivity (Wildman–Crippen MR) is 81.6 cm³/mol. The molecule has 0 aliphatic heterocycles. The standard InChI is InChI=1S/C16H15N3O2/c1-2-20-13-9-5-6-10-14(13)21-15-11-7-3-4-8-12(11)18-16(17)19-15/h3-10H,2H2,1H3,(H2,17,18,19). The predicted octanol–water partition coefficient (Wildman–Crippen LogP) is 3.40. The van der Waals surface area contributed by atoms with Gasteiger partial charge in [-0.3, -0.25) is 0 Å². The normalized spacial score (nSPS) is 10.5. The van der Waals surface area contributed by atoms with Gasteiger partial charge in [0.15, 0.2) is 11.5 Å². The largest absolute Gasteiger partial charge is 0.490 e. The molecule has 0 aliphatic rings. The molecule has 0 saturated heterocycles. The topological polar surface area (TPSA) is 70.3 Å². The Hall–Kier alpha value is -2.82. The van der Waals surface area contributed by atoms with Gasteiger partial charge in [-0.2, -0.15) is 4.98 Å². The Bertz CT molecular complexity index is 774. The second kappa shape index (κ2) is 5.66. The van der Waals surface area contributed by atoms with Crippen LogP contribution in [0.1, 0.15) is 6.92 Å². The molecular formula is C16H15N3O2. The molecule has 0 aliphatic carbocycles. The van der Waals surface area contributed by atoms with Crippen molar-refractivity contribution in [2.24, 2.45) is 0 Å². The Morgan fingerprint density at radius 2 is 1.67 bits per heavy atom. The van der Waals surface area contributed by atoms with Crippen molar-refractivity contribution in [2.75, 3.05) is 12.3 Å². The van der Waals surface area contributed by atoms with Crippen molar-refractivity contribution in [3.63, 3.8) is 0 Å². The maximum Gasteiger partial charge on any atom is 0.232 e. The van der Waals surface area contributed by atoms with Gasteiger partial charge in [0.1, 0.15) is 0 Å². The van der Waals surface area contributed by atoms with Gasteiger partial charge in [0, 0.05) is 0 Å². The summed E-state index contributed by atoms with van der Waals surface area (Å²) in [4.78, 5) is 8.38. The lowest BCUT2D eigenvalue weighted by Gasteiger charge is -2.12. The van der Waals surface area contributed by atoms with E-state index in [2.05, 4.69) is 9.97 Å². The number of hydrogen-bond donors (Lipinski definition) is 1. The summed E-state index contributed by atoms with van der Waals surface area (Å²) < 4.78 is 11.5. The number of anilines is 1. The summed E-state index contributed by atoms with van der Waals surface area (Å²) in [5, 5.41) is 0.804. The Labute approximate surface area is 122 Å². The van der Waals surface area contributed by atoms with E-state index in [0.717, 1.165) is 10.9 Å². The van der Waals surface area contributed by atoms with Gasteiger partial charge in [0.05, 0.1) is 17.5 Å². The molecule has 0 radical (unpaired) electrons. The molecule has 0 spiro atoms. The fourth-order valence-corrected chi connectivity index (χ4v) is 2.06. The monoisotopic (exact) mass is 281 g/mol. The van der Waals surface area contributed by atoms with Crippen LogP contribution in [0.3, 0.4) is 0 Å². The van der Waals surface area contributed by atoms with Crippen LogP contribution in [0.5, 0.6) is 17.4 Å². The molecule has 2 aromatic carbocycles. The van der Waals surface area contributed by atoms with E-state index < -0.39 is 0 Å². The minimum Gasteiger partial charge on any atom is -0.490 e. The molecule has 1 aromatic heterocycles. The molecule has 0 fully saturated rings. The van der Waals surface area contributed by atoms with Crippen LogP contribution in [0.25, 0.3) is 10.9 Å². The number of nitrogen functional groups attached to an aromatic ring is 1. The van der Waals surface area contributed by atoms with Crippen LogP contribution >= 0.6 is 0 Å². The molecule has 21 heavy (non-hydrogen) atoms. The Kier molecular flexibility index (Phi) is 3.55. The van der Waals surface area contributed by atoms with Crippen LogP contribution < -0.4 is 15.2 Å². The molecule has 3 rings (SSSR count). The van der Waals surface area contributed by atoms with Crippen LogP contribution in [0.2, 0.25) is 0 Å². The second-order valence-electron chi connectivity index (χ2n) is 4.39. The molecule has 0 bridgehead atoms. The summed E-state index contributed by atoms with van der Waals surface area (Å²) in [5.41, 5.74) is 6.49. The number of ether oxygens (including phenoxy) is 2. The zero-order valence-corrected chi connectivity index (χ0v) is 11.6. The van der Waals surface area contributed by atoms with Gasteiger partial charge < -0.3 is 15.2 Å². The Balaban J connectivity index is 2.06. The molecular weight excluding hydrogens is 266 g/mol. The third-order valence-electron chi connectivity index (χ3n) is 2.94. The van der Waals surface area contributed by atoms with Crippen LogP contribution in [-0.2, 0) is 0 Å². The number of nitrogens with zero attached hydrogens (tertiary/aromatic N) is 2. The highest BCUT2D eigenvalue weighted by Crippen LogP contribution is 2.33. The number of aromatic nitrogens is 2. The molecule has 1 heterocycles. The Morgan fingerprint density at radius 3 is 2.48 bits per heavy atom. The van der Waals surface area contributed by atoms with Gasteiger partial charge in [-0.25, -0.2) is 4.98 Å². The summed E-state index contributed by atoms with van der Waals surface area (Å²) >= 11 is 0. The van der Waals surface area contributed by atoms with Crippen molar-refractivity contribution in [1.82, 2.24) is 9.97 Å². The van der Waals surface area contributed by atoms with Gasteiger partial charge in [-0.15, -0.1) is 0 Å². The van der Waals surface area contributed by atoms with E-state index in [-0.39, 0.29) is 5.95 Å². The molecule has 0 amide bonds. The van der Waals surface area contributed by atoms with E-state index in [1.165, 1.54) is 0 Å². The summed E-state index contributed by atoms with van der Waals surface area (Å²) in [6.45, 7) is 2.49. The molecule has 0 unspecified atom stereocenters. The van der Waals surface area contributed by atoms with Gasteiger partial charge in [0.2, 0.25) is 11.8 Å². The molecule has 3 aromatic rings. The van der Waals surface area contributed by atoms with Crippen molar-refractivity contribution >= 4 is 16.9 Å². The van der Waals surface area contributed by atoms with Crippen LogP contribution in [0, 0.1) is 0 Å². The zero-order valence-electron chi connectivity index (χ0n) is 11.6. The fraction of sp³-hybridized carbons (Fsp3) is 0.125. The second-order valence-corrected chi connectivity index (χ2v) is 4.39. The lowest BCUT2D eigenvalue weighted by molar-refractivity contribution is 0.320. The van der Waals surface area contributed by atoms with E-state index in [9.17, 15) is 0 Å². The highest BCUT2D eigenvalue weighted by atomic mass is 16.5. The Morgan fingerprint density at radius 1 is 0.952 bits per heavy atom. The minimum atomic E-state index is 0.178. The van der Waals surface area contributed by atoms with Crippen molar-refractivity contribution in [2.45, 2.75) is 6.92 Å². The lowest BCUT2D eigenvalue weighted by atomic mass is 10.2. The average Bonchev–Trinajstić information content (AvgIpc) is 2.49. The van der Waals surface area contributed by atoms with E-state index in [1.807, 2.05) is 55.5 Å². The number of rotatable bonds is 4. The van der Waals surface area contributed by atoms with Crippen LogP contribution in [0.4, 0.5) is 5.95 Å². The first-order chi connectivity index (χ1) is 10.3. The SMILES string of the molecule is CCOc1ccccc1Oc1nc(N)nc2ccccc12. The van der Waals surface area contributed by atoms with Crippen LogP contribution in [-0.4, -0.2) is 16.6 Å². The third-order valence-corrected chi connectivity index (χ3v) is 2.94. The lowest BCUT2D eigenvalue weighted by Crippen LogP contribution is -2.00. The maximum absolute atomic E-state index is 5.90. The van der Waals surface area contributed by atoms with Crippen molar-refractivity contribution in [1.29, 1.82) is 0 Å². The summed E-state index contributed by atoms with van der Waals surface area (Å²) in [6, 6.07) is 15.0. The molecule has 5 heteroatoms. The van der Waals surface area contributed by atoms with Gasteiger partial charge in [-0.1, -0.05) is 24.3 Å². The molecule has 2 N–H and O–H groups in total. The first kappa shape index (κ1) is 13.2. The number of para-hydroxylation sites is 3. The summed E-state index contributed by atoms with van der Waals surface area (Å²) in [6.07, 6.45) is 0. The number of hydrogen-bond acceptors (Lipinski definition) is 5. The van der Waals surface area contributed by atoms with Crippen molar-refractivity contribution < 1.29 is 9.47 Å². The maximum atomic E-state index is 5.90. The molecule has 0 saturated carbocycles. The number of nitrogens with two attached hydrogens (primary N) is 1. The quantitative estimate of drug-likeness (QED) is 0.793. The van der Waals surface area contributed by atoms with Crippen molar-refractivity contribution in [3.05, 3.63) is 48.5 Å². The number of fused-ring (bicyclic) bond motifs is 1. The summed E-state index contributed by atoms with van der Waals surface area (Å²) in [7, 11) is 0. The minimum absolute atomic E-state index is 0.178. The average molecular weight is 281 g/mol. The van der Waals surface area contributed by atoms with E-state index in [4.69, 9.17) is 15.2 Å². The van der Waals surface area contributed by atoms with Crippen molar-refractivity contribution in [3.8, 4) is 17.4 Å². The van der Waals surface area contributed by atoms with Gasteiger partial charge in [0.25, 0.3) is 0 Å². The fourth-order valence-electron chi connectivity index (χ4n) is 2.06. The first-order valence-electron chi connectivity index (χ1n) is 6.70. The first-order valence-corrected chi connectivity index (χ1v) is 6.70. The zero-order chi connectivity index (χ0) is 14.7. The molecule has 106 valence electrons. The highest BCUT2D eigenvalue weighted by Gasteiger charge is 2.11. The van der Waals surface area contributed by atoms with E-state index in [0.29, 0.717) is 24.0 Å². The molecule has 0 atom stereocenters. The molecule has 5 nitrogen and oxygen atoms in total. The third kappa shape index (κ3) is 2.72. The highest BCUT2D eigenvalue weighted by molar-refractivity contribution is 5.84. The summed E-state index contributed by atoms with van der Waals surface area (Å²) in [5.74, 6) is 1.87. The van der Waals surface area contributed by atoms with E-state index >= 15 is 0 Å².